The number of hydrogen-bond acceptors (Lipinski definition) is 6. The van der Waals surface area contributed by atoms with Crippen LogP contribution in [0.5, 0.6) is 0 Å². The van der Waals surface area contributed by atoms with Crippen LogP contribution in [-0.4, -0.2) is 40.7 Å². The molecule has 0 aliphatic carbocycles. The molecule has 0 fully saturated rings. The van der Waals surface area contributed by atoms with Crippen LogP contribution in [0.2, 0.25) is 0 Å². The van der Waals surface area contributed by atoms with Gasteiger partial charge in [-0.05, 0) is 51.0 Å². The number of carbonyl (C=O) groups excluding carboxylic acids is 3. The maximum Gasteiger partial charge on any atom is 0.363 e. The molecule has 176 valence electrons. The van der Waals surface area contributed by atoms with E-state index >= 15 is 0 Å². The molecular formula is C25H26N4O5. The Morgan fingerprint density at radius 3 is 2.24 bits per heavy atom. The summed E-state index contributed by atoms with van der Waals surface area (Å²) in [6, 6.07) is 14.2. The maximum atomic E-state index is 12.4. The van der Waals surface area contributed by atoms with E-state index in [0.29, 0.717) is 17.1 Å². The Morgan fingerprint density at radius 1 is 0.941 bits per heavy atom. The fraction of sp³-hybridized carbons (Fsp3) is 0.240. The Hall–Kier alpha value is -4.27. The molecule has 2 amide bonds. The number of rotatable bonds is 7. The first kappa shape index (κ1) is 24.4. The van der Waals surface area contributed by atoms with E-state index in [1.54, 1.807) is 31.2 Å². The van der Waals surface area contributed by atoms with Crippen molar-refractivity contribution >= 4 is 23.5 Å². The van der Waals surface area contributed by atoms with E-state index in [1.165, 1.54) is 10.7 Å². The normalized spacial score (nSPS) is 10.5. The van der Waals surface area contributed by atoms with E-state index in [4.69, 9.17) is 4.74 Å². The van der Waals surface area contributed by atoms with Gasteiger partial charge in [0, 0.05) is 17.4 Å². The highest BCUT2D eigenvalue weighted by Gasteiger charge is 2.18. The van der Waals surface area contributed by atoms with Gasteiger partial charge in [0.05, 0.1) is 12.2 Å². The zero-order chi connectivity index (χ0) is 24.8. The smallest absolute Gasteiger partial charge is 0.363 e. The van der Waals surface area contributed by atoms with Crippen molar-refractivity contribution in [2.45, 2.75) is 27.7 Å². The SMILES string of the molecule is Cc1cc(C)c(NC(=O)CNC(=O)COC(=O)c2nn(-c3ccccc3)c(C)cc2=O)c(C)c1. The maximum absolute atomic E-state index is 12.4. The van der Waals surface area contributed by atoms with Crippen LogP contribution in [0.4, 0.5) is 5.69 Å². The Labute approximate surface area is 196 Å². The molecule has 9 nitrogen and oxygen atoms in total. The minimum atomic E-state index is -1.03. The van der Waals surface area contributed by atoms with Gasteiger partial charge in [-0.3, -0.25) is 14.4 Å². The number of nitrogens with one attached hydrogen (secondary N) is 2. The highest BCUT2D eigenvalue weighted by molar-refractivity contribution is 5.96. The summed E-state index contributed by atoms with van der Waals surface area (Å²) in [5, 5.41) is 9.26. The number of nitrogens with zero attached hydrogens (tertiary/aromatic N) is 2. The predicted molar refractivity (Wildman–Crippen MR) is 127 cm³/mol. The van der Waals surface area contributed by atoms with Crippen LogP contribution in [-0.2, 0) is 14.3 Å². The fourth-order valence-electron chi connectivity index (χ4n) is 3.51. The number of ether oxygens (including phenoxy) is 1. The first-order valence-electron chi connectivity index (χ1n) is 10.6. The lowest BCUT2D eigenvalue weighted by Crippen LogP contribution is -2.36. The largest absolute Gasteiger partial charge is 0.451 e. The summed E-state index contributed by atoms with van der Waals surface area (Å²) in [5.41, 5.74) is 3.75. The molecule has 0 saturated carbocycles. The first-order valence-corrected chi connectivity index (χ1v) is 10.6. The second-order valence-corrected chi connectivity index (χ2v) is 7.92. The summed E-state index contributed by atoms with van der Waals surface area (Å²) in [4.78, 5) is 48.9. The van der Waals surface area contributed by atoms with Gasteiger partial charge in [0.2, 0.25) is 17.0 Å². The lowest BCUT2D eigenvalue weighted by molar-refractivity contribution is -0.126. The summed E-state index contributed by atoms with van der Waals surface area (Å²) in [7, 11) is 0. The number of anilines is 1. The van der Waals surface area contributed by atoms with Gasteiger partial charge in [-0.1, -0.05) is 35.9 Å². The molecule has 0 bridgehead atoms. The standard InChI is InChI=1S/C25H26N4O5/c1-15-10-16(2)23(17(3)11-15)27-21(31)13-26-22(32)14-34-25(33)24-20(30)12-18(4)29(28-24)19-8-6-5-7-9-19/h5-12H,13-14H2,1-4H3,(H,26,32)(H,27,31). The molecule has 1 heterocycles. The Morgan fingerprint density at radius 2 is 1.59 bits per heavy atom. The summed E-state index contributed by atoms with van der Waals surface area (Å²) in [6.07, 6.45) is 0. The number of esters is 1. The minimum absolute atomic E-state index is 0.299. The van der Waals surface area contributed by atoms with E-state index in [-0.39, 0.29) is 6.54 Å². The van der Waals surface area contributed by atoms with E-state index < -0.39 is 35.5 Å². The molecule has 0 spiro atoms. The molecule has 1 aromatic heterocycles. The summed E-state index contributed by atoms with van der Waals surface area (Å²) < 4.78 is 6.39. The average Bonchev–Trinajstić information content (AvgIpc) is 2.79. The number of amides is 2. The zero-order valence-corrected chi connectivity index (χ0v) is 19.5. The molecule has 0 aliphatic rings. The highest BCUT2D eigenvalue weighted by atomic mass is 16.5. The minimum Gasteiger partial charge on any atom is -0.451 e. The van der Waals surface area contributed by atoms with Crippen LogP contribution < -0.4 is 16.1 Å². The predicted octanol–water partition coefficient (Wildman–Crippen LogP) is 2.38. The highest BCUT2D eigenvalue weighted by Crippen LogP contribution is 2.21. The fourth-order valence-corrected chi connectivity index (χ4v) is 3.51. The summed E-state index contributed by atoms with van der Waals surface area (Å²) in [6.45, 7) is 6.48. The molecule has 0 atom stereocenters. The van der Waals surface area contributed by atoms with Crippen molar-refractivity contribution in [2.75, 3.05) is 18.5 Å². The third-order valence-corrected chi connectivity index (χ3v) is 5.02. The number of para-hydroxylation sites is 1. The number of aryl methyl sites for hydroxylation is 4. The van der Waals surface area contributed by atoms with Crippen molar-refractivity contribution in [1.82, 2.24) is 15.1 Å². The number of carbonyl (C=O) groups is 3. The second kappa shape index (κ2) is 10.6. The molecule has 0 saturated heterocycles. The molecule has 0 aliphatic heterocycles. The van der Waals surface area contributed by atoms with Gasteiger partial charge in [-0.2, -0.15) is 5.10 Å². The molecule has 34 heavy (non-hydrogen) atoms. The van der Waals surface area contributed by atoms with Crippen molar-refractivity contribution < 1.29 is 19.1 Å². The van der Waals surface area contributed by atoms with Gasteiger partial charge >= 0.3 is 5.97 Å². The molecule has 3 aromatic rings. The van der Waals surface area contributed by atoms with Crippen molar-refractivity contribution in [2.24, 2.45) is 0 Å². The van der Waals surface area contributed by atoms with Crippen LogP contribution in [0.15, 0.2) is 53.3 Å². The number of hydrogen-bond donors (Lipinski definition) is 2. The van der Waals surface area contributed by atoms with Crippen molar-refractivity contribution in [3.8, 4) is 5.69 Å². The van der Waals surface area contributed by atoms with Gasteiger partial charge in [0.25, 0.3) is 5.91 Å². The lowest BCUT2D eigenvalue weighted by atomic mass is 10.1. The van der Waals surface area contributed by atoms with E-state index in [9.17, 15) is 19.2 Å². The Kier molecular flexibility index (Phi) is 7.57. The van der Waals surface area contributed by atoms with E-state index in [2.05, 4.69) is 15.7 Å². The average molecular weight is 463 g/mol. The molecule has 2 N–H and O–H groups in total. The quantitative estimate of drug-likeness (QED) is 0.521. The Balaban J connectivity index is 1.57. The van der Waals surface area contributed by atoms with Crippen LogP contribution in [0.1, 0.15) is 32.9 Å². The van der Waals surface area contributed by atoms with E-state index in [0.717, 1.165) is 16.7 Å². The van der Waals surface area contributed by atoms with Crippen molar-refractivity contribution in [1.29, 1.82) is 0 Å². The molecule has 0 radical (unpaired) electrons. The first-order chi connectivity index (χ1) is 16.2. The number of aromatic nitrogens is 2. The van der Waals surface area contributed by atoms with Gasteiger partial charge < -0.3 is 15.4 Å². The molecule has 0 unspecified atom stereocenters. The second-order valence-electron chi connectivity index (χ2n) is 7.92. The van der Waals surface area contributed by atoms with Crippen LogP contribution in [0.3, 0.4) is 0 Å². The third kappa shape index (κ3) is 5.94. The van der Waals surface area contributed by atoms with Crippen molar-refractivity contribution in [3.63, 3.8) is 0 Å². The van der Waals surface area contributed by atoms with Crippen LogP contribution in [0, 0.1) is 27.7 Å². The topological polar surface area (TPSA) is 119 Å². The van der Waals surface area contributed by atoms with Gasteiger partial charge in [0.1, 0.15) is 0 Å². The molecule has 2 aromatic carbocycles. The molecule has 9 heteroatoms. The van der Waals surface area contributed by atoms with E-state index in [1.807, 2.05) is 39.0 Å². The monoisotopic (exact) mass is 462 g/mol. The van der Waals surface area contributed by atoms with Crippen LogP contribution >= 0.6 is 0 Å². The summed E-state index contributed by atoms with van der Waals surface area (Å²) >= 11 is 0. The molecule has 3 rings (SSSR count). The van der Waals surface area contributed by atoms with Crippen molar-refractivity contribution in [3.05, 3.63) is 86.8 Å². The third-order valence-electron chi connectivity index (χ3n) is 5.02. The van der Waals surface area contributed by atoms with Gasteiger partial charge in [-0.25, -0.2) is 9.48 Å². The summed E-state index contributed by atoms with van der Waals surface area (Å²) in [5.74, 6) is -2.13. The van der Waals surface area contributed by atoms with Gasteiger partial charge in [-0.15, -0.1) is 0 Å². The number of benzene rings is 2. The molecular weight excluding hydrogens is 436 g/mol. The zero-order valence-electron chi connectivity index (χ0n) is 19.5. The van der Waals surface area contributed by atoms with Crippen LogP contribution in [0.25, 0.3) is 5.69 Å². The Bertz CT molecular complexity index is 1280. The lowest BCUT2D eigenvalue weighted by Gasteiger charge is -2.13. The van der Waals surface area contributed by atoms with Gasteiger partial charge in [0.15, 0.2) is 6.61 Å².